The molecule has 1 fully saturated rings. The molecule has 3 rings (SSSR count). The topological polar surface area (TPSA) is 38.7 Å². The van der Waals surface area contributed by atoms with Crippen LogP contribution in [0.25, 0.3) is 0 Å². The van der Waals surface area contributed by atoms with Crippen molar-refractivity contribution in [2.45, 2.75) is 44.5 Å². The zero-order valence-corrected chi connectivity index (χ0v) is 15.6. The normalized spacial score (nSPS) is 25.0. The molecule has 1 aliphatic rings. The van der Waals surface area contributed by atoms with Gasteiger partial charge >= 0.3 is 0 Å². The lowest BCUT2D eigenvalue weighted by Crippen LogP contribution is -2.42. The molecule has 0 spiro atoms. The number of hydrogen-bond acceptors (Lipinski definition) is 3. The molecule has 4 atom stereocenters. The summed E-state index contributed by atoms with van der Waals surface area (Å²) in [7, 11) is 0. The van der Waals surface area contributed by atoms with Gasteiger partial charge in [-0.15, -0.1) is 0 Å². The third-order valence-corrected chi connectivity index (χ3v) is 4.73. The van der Waals surface area contributed by atoms with E-state index in [9.17, 15) is 9.50 Å². The maximum absolute atomic E-state index is 13.4. The molecule has 3 nitrogen and oxygen atoms in total. The van der Waals surface area contributed by atoms with Crippen molar-refractivity contribution < 1.29 is 19.0 Å². The molecule has 1 N–H and O–H groups in total. The first-order valence-electron chi connectivity index (χ1n) is 9.09. The van der Waals surface area contributed by atoms with E-state index in [1.807, 2.05) is 51.1 Å². The minimum Gasteiger partial charge on any atom is -0.390 e. The van der Waals surface area contributed by atoms with E-state index in [2.05, 4.69) is 0 Å². The predicted molar refractivity (Wildman–Crippen MR) is 99.5 cm³/mol. The third kappa shape index (κ3) is 4.50. The van der Waals surface area contributed by atoms with Gasteiger partial charge in [0, 0.05) is 11.8 Å². The number of aliphatic hydroxyl groups excluding tert-OH is 1. The predicted octanol–water partition coefficient (Wildman–Crippen LogP) is 4.47. The molecule has 4 heteroatoms. The average molecular weight is 358 g/mol. The Hall–Kier alpha value is -1.75. The van der Waals surface area contributed by atoms with Crippen LogP contribution < -0.4 is 0 Å². The van der Waals surface area contributed by atoms with Crippen LogP contribution in [0.5, 0.6) is 0 Å². The third-order valence-electron chi connectivity index (χ3n) is 4.73. The van der Waals surface area contributed by atoms with Gasteiger partial charge in [0.2, 0.25) is 0 Å². The Balaban J connectivity index is 2.00. The lowest BCUT2D eigenvalue weighted by Gasteiger charge is -2.42. The fourth-order valence-electron chi connectivity index (χ4n) is 3.67. The molecule has 26 heavy (non-hydrogen) atoms. The van der Waals surface area contributed by atoms with E-state index in [1.165, 1.54) is 12.1 Å². The van der Waals surface area contributed by atoms with Gasteiger partial charge in [0.1, 0.15) is 5.82 Å². The number of benzene rings is 2. The van der Waals surface area contributed by atoms with Crippen molar-refractivity contribution in [1.82, 2.24) is 0 Å². The van der Waals surface area contributed by atoms with E-state index < -0.39 is 6.10 Å². The highest BCUT2D eigenvalue weighted by molar-refractivity contribution is 5.26. The SMILES string of the molecule is CC(C)(C)OC(c1ccccc1)[C@H]1COC[C@@H](O)[C@@H]1c1ccc(F)cc1. The molecule has 0 aromatic heterocycles. The highest BCUT2D eigenvalue weighted by Gasteiger charge is 2.41. The molecule has 1 heterocycles. The van der Waals surface area contributed by atoms with E-state index >= 15 is 0 Å². The summed E-state index contributed by atoms with van der Waals surface area (Å²) < 4.78 is 25.5. The zero-order chi connectivity index (χ0) is 18.7. The first-order valence-corrected chi connectivity index (χ1v) is 9.09. The van der Waals surface area contributed by atoms with Crippen molar-refractivity contribution in [1.29, 1.82) is 0 Å². The number of hydrogen-bond donors (Lipinski definition) is 1. The van der Waals surface area contributed by atoms with E-state index in [4.69, 9.17) is 9.47 Å². The molecule has 2 aromatic carbocycles. The lowest BCUT2D eigenvalue weighted by molar-refractivity contribution is -0.142. The summed E-state index contributed by atoms with van der Waals surface area (Å²) in [6, 6.07) is 16.4. The summed E-state index contributed by atoms with van der Waals surface area (Å²) in [5.41, 5.74) is 1.61. The van der Waals surface area contributed by atoms with Gasteiger partial charge in [0.15, 0.2) is 0 Å². The highest BCUT2D eigenvalue weighted by Crippen LogP contribution is 2.43. The first-order chi connectivity index (χ1) is 12.3. The summed E-state index contributed by atoms with van der Waals surface area (Å²) >= 11 is 0. The van der Waals surface area contributed by atoms with Gasteiger partial charge in [-0.2, -0.15) is 0 Å². The molecule has 2 aromatic rings. The molecular formula is C22H27FO3. The quantitative estimate of drug-likeness (QED) is 0.876. The average Bonchev–Trinajstić information content (AvgIpc) is 2.60. The van der Waals surface area contributed by atoms with Crippen molar-refractivity contribution in [3.63, 3.8) is 0 Å². The van der Waals surface area contributed by atoms with Gasteiger partial charge in [-0.3, -0.25) is 0 Å². The van der Waals surface area contributed by atoms with Crippen molar-refractivity contribution >= 4 is 0 Å². The van der Waals surface area contributed by atoms with Crippen LogP contribution in [-0.4, -0.2) is 30.0 Å². The summed E-state index contributed by atoms with van der Waals surface area (Å²) in [5.74, 6) is -0.542. The van der Waals surface area contributed by atoms with E-state index in [0.29, 0.717) is 6.61 Å². The zero-order valence-electron chi connectivity index (χ0n) is 15.6. The minimum atomic E-state index is -0.658. The van der Waals surface area contributed by atoms with Gasteiger partial charge in [0.05, 0.1) is 31.0 Å². The van der Waals surface area contributed by atoms with Gasteiger partial charge in [-0.05, 0) is 44.0 Å². The fourth-order valence-corrected chi connectivity index (χ4v) is 3.67. The van der Waals surface area contributed by atoms with Crippen molar-refractivity contribution in [2.75, 3.05) is 13.2 Å². The molecule has 0 radical (unpaired) electrons. The van der Waals surface area contributed by atoms with Crippen LogP contribution in [0.2, 0.25) is 0 Å². The molecule has 1 aliphatic heterocycles. The van der Waals surface area contributed by atoms with Gasteiger partial charge in [-0.25, -0.2) is 4.39 Å². The molecule has 140 valence electrons. The Morgan fingerprint density at radius 2 is 1.69 bits per heavy atom. The van der Waals surface area contributed by atoms with Crippen LogP contribution in [0.3, 0.4) is 0 Å². The maximum Gasteiger partial charge on any atom is 0.123 e. The van der Waals surface area contributed by atoms with Crippen molar-refractivity contribution in [2.24, 2.45) is 5.92 Å². The van der Waals surface area contributed by atoms with Crippen LogP contribution in [0.1, 0.15) is 43.9 Å². The summed E-state index contributed by atoms with van der Waals surface area (Å²) in [5, 5.41) is 10.7. The standard InChI is InChI=1S/C22H27FO3/c1-22(2,3)26-21(16-7-5-4-6-8-16)18-13-25-14-19(24)20(18)15-9-11-17(23)12-10-15/h4-12,18-21,24H,13-14H2,1-3H3/t18-,19+,20+,21?/m0/s1. The second-order valence-electron chi connectivity index (χ2n) is 7.91. The molecule has 1 unspecified atom stereocenters. The Morgan fingerprint density at radius 3 is 2.31 bits per heavy atom. The van der Waals surface area contributed by atoms with E-state index in [0.717, 1.165) is 11.1 Å². The van der Waals surface area contributed by atoms with Crippen molar-refractivity contribution in [3.05, 3.63) is 71.5 Å². The van der Waals surface area contributed by atoms with E-state index in [1.54, 1.807) is 12.1 Å². The van der Waals surface area contributed by atoms with Gasteiger partial charge in [0.25, 0.3) is 0 Å². The van der Waals surface area contributed by atoms with Crippen LogP contribution in [0, 0.1) is 11.7 Å². The van der Waals surface area contributed by atoms with Gasteiger partial charge in [-0.1, -0.05) is 42.5 Å². The molecule has 1 saturated heterocycles. The second-order valence-corrected chi connectivity index (χ2v) is 7.91. The summed E-state index contributed by atoms with van der Waals surface area (Å²) in [4.78, 5) is 0. The Bertz CT molecular complexity index is 694. The van der Waals surface area contributed by atoms with Crippen molar-refractivity contribution in [3.8, 4) is 0 Å². The second kappa shape index (κ2) is 7.87. The molecular weight excluding hydrogens is 331 g/mol. The molecule has 0 aliphatic carbocycles. The van der Waals surface area contributed by atoms with Crippen LogP contribution in [-0.2, 0) is 9.47 Å². The number of ether oxygens (including phenoxy) is 2. The van der Waals surface area contributed by atoms with Gasteiger partial charge < -0.3 is 14.6 Å². The Labute approximate surface area is 154 Å². The largest absolute Gasteiger partial charge is 0.390 e. The number of rotatable bonds is 4. The molecule has 0 bridgehead atoms. The smallest absolute Gasteiger partial charge is 0.123 e. The monoisotopic (exact) mass is 358 g/mol. The highest BCUT2D eigenvalue weighted by atomic mass is 19.1. The lowest BCUT2D eigenvalue weighted by atomic mass is 9.76. The fraction of sp³-hybridized carbons (Fsp3) is 0.455. The molecule has 0 saturated carbocycles. The van der Waals surface area contributed by atoms with E-state index in [-0.39, 0.29) is 36.0 Å². The Kier molecular flexibility index (Phi) is 5.76. The van der Waals surface area contributed by atoms with Crippen LogP contribution in [0.15, 0.2) is 54.6 Å². The van der Waals surface area contributed by atoms with Crippen LogP contribution >= 0.6 is 0 Å². The number of aliphatic hydroxyl groups is 1. The number of halogens is 1. The van der Waals surface area contributed by atoms with Crippen LogP contribution in [0.4, 0.5) is 4.39 Å². The Morgan fingerprint density at radius 1 is 1.04 bits per heavy atom. The summed E-state index contributed by atoms with van der Waals surface area (Å²) in [6.07, 6.45) is -0.893. The minimum absolute atomic E-state index is 0.0779. The first kappa shape index (κ1) is 19.0. The maximum atomic E-state index is 13.4. The summed E-state index contributed by atoms with van der Waals surface area (Å²) in [6.45, 7) is 6.83. The molecule has 0 amide bonds.